The quantitative estimate of drug-likeness (QED) is 0.402. The van der Waals surface area contributed by atoms with Crippen LogP contribution in [0.3, 0.4) is 0 Å². The van der Waals surface area contributed by atoms with Crippen molar-refractivity contribution in [2.24, 2.45) is 0 Å². The number of anilines is 1. The van der Waals surface area contributed by atoms with E-state index >= 15 is 0 Å². The van der Waals surface area contributed by atoms with E-state index in [-0.39, 0.29) is 29.3 Å². The summed E-state index contributed by atoms with van der Waals surface area (Å²) in [7, 11) is 0. The third-order valence-corrected chi connectivity index (χ3v) is 4.62. The fraction of sp³-hybridized carbons (Fsp3) is 0.0870. The zero-order valence-corrected chi connectivity index (χ0v) is 16.9. The molecule has 0 aliphatic heterocycles. The number of halogens is 4. The second kappa shape index (κ2) is 9.11. The molecule has 10 heteroatoms. The van der Waals surface area contributed by atoms with Crippen LogP contribution in [0.1, 0.15) is 21.5 Å². The number of ether oxygens (including phenoxy) is 1. The third-order valence-electron chi connectivity index (χ3n) is 4.62. The summed E-state index contributed by atoms with van der Waals surface area (Å²) in [4.78, 5) is 16.6. The molecular weight excluding hydrogens is 440 g/mol. The van der Waals surface area contributed by atoms with Crippen molar-refractivity contribution >= 4 is 11.6 Å². The number of pyridine rings is 1. The first-order valence-corrected chi connectivity index (χ1v) is 9.65. The van der Waals surface area contributed by atoms with Crippen molar-refractivity contribution in [1.29, 1.82) is 0 Å². The van der Waals surface area contributed by atoms with Crippen LogP contribution in [0.15, 0.2) is 79.4 Å². The molecule has 0 aliphatic carbocycles. The van der Waals surface area contributed by atoms with Crippen molar-refractivity contribution in [3.63, 3.8) is 0 Å². The number of hydrogen-bond donors (Lipinski definition) is 1. The van der Waals surface area contributed by atoms with E-state index in [0.29, 0.717) is 5.56 Å². The first kappa shape index (κ1) is 22.0. The number of hydrogen-bond acceptors (Lipinski definition) is 4. The van der Waals surface area contributed by atoms with E-state index in [2.05, 4.69) is 15.4 Å². The zero-order valence-electron chi connectivity index (χ0n) is 16.9. The van der Waals surface area contributed by atoms with E-state index in [0.717, 1.165) is 16.8 Å². The van der Waals surface area contributed by atoms with Gasteiger partial charge in [0.25, 0.3) is 5.91 Å². The Labute approximate surface area is 185 Å². The first-order chi connectivity index (χ1) is 15.8. The van der Waals surface area contributed by atoms with E-state index in [1.165, 1.54) is 42.7 Å². The Kier molecular flexibility index (Phi) is 6.07. The molecule has 0 fully saturated rings. The molecule has 4 aromatic rings. The molecule has 168 valence electrons. The fourth-order valence-electron chi connectivity index (χ4n) is 3.06. The summed E-state index contributed by atoms with van der Waals surface area (Å²) in [6.07, 6.45) is 1.21. The molecule has 2 aromatic heterocycles. The van der Waals surface area contributed by atoms with Crippen molar-refractivity contribution < 1.29 is 27.1 Å². The lowest BCUT2D eigenvalue weighted by molar-refractivity contribution is -0.137. The van der Waals surface area contributed by atoms with Crippen LogP contribution in [0.4, 0.5) is 23.2 Å². The first-order valence-electron chi connectivity index (χ1n) is 9.65. The Balaban J connectivity index is 1.54. The fourth-order valence-corrected chi connectivity index (χ4v) is 3.06. The van der Waals surface area contributed by atoms with Crippen LogP contribution in [0.25, 0.3) is 5.69 Å². The molecule has 4 rings (SSSR count). The van der Waals surface area contributed by atoms with E-state index in [1.54, 1.807) is 24.5 Å². The number of amides is 1. The number of alkyl halides is 3. The molecule has 0 unspecified atom stereocenters. The average molecular weight is 456 g/mol. The van der Waals surface area contributed by atoms with E-state index in [4.69, 9.17) is 4.74 Å². The van der Waals surface area contributed by atoms with Crippen molar-refractivity contribution in [2.75, 3.05) is 5.32 Å². The summed E-state index contributed by atoms with van der Waals surface area (Å²) in [5, 5.41) is 6.24. The van der Waals surface area contributed by atoms with Gasteiger partial charge >= 0.3 is 6.18 Å². The second-order valence-electron chi connectivity index (χ2n) is 6.93. The van der Waals surface area contributed by atoms with Gasteiger partial charge in [-0.1, -0.05) is 6.07 Å². The Bertz CT molecular complexity index is 1260. The van der Waals surface area contributed by atoms with Crippen LogP contribution in [0.5, 0.6) is 5.75 Å². The maximum absolute atomic E-state index is 14.1. The number of nitrogens with zero attached hydrogens (tertiary/aromatic N) is 3. The summed E-state index contributed by atoms with van der Waals surface area (Å²) in [5.41, 5.74) is -0.515. The number of aromatic nitrogens is 3. The van der Waals surface area contributed by atoms with Crippen molar-refractivity contribution in [1.82, 2.24) is 14.8 Å². The Morgan fingerprint density at radius 3 is 2.61 bits per heavy atom. The summed E-state index contributed by atoms with van der Waals surface area (Å²) < 4.78 is 61.4. The monoisotopic (exact) mass is 456 g/mol. The molecule has 2 heterocycles. The van der Waals surface area contributed by atoms with Gasteiger partial charge in [0.05, 0.1) is 11.3 Å². The minimum absolute atomic E-state index is 0.0160. The highest BCUT2D eigenvalue weighted by atomic mass is 19.4. The van der Waals surface area contributed by atoms with Crippen LogP contribution < -0.4 is 10.1 Å². The van der Waals surface area contributed by atoms with E-state index in [9.17, 15) is 22.4 Å². The van der Waals surface area contributed by atoms with Crippen molar-refractivity contribution in [3.05, 3.63) is 102 Å². The molecule has 1 amide bonds. The molecule has 0 radical (unpaired) electrons. The molecule has 0 saturated heterocycles. The van der Waals surface area contributed by atoms with Crippen molar-refractivity contribution in [3.8, 4) is 11.4 Å². The molecule has 0 bridgehead atoms. The Morgan fingerprint density at radius 2 is 1.91 bits per heavy atom. The summed E-state index contributed by atoms with van der Waals surface area (Å²) in [6, 6.07) is 11.7. The summed E-state index contributed by atoms with van der Waals surface area (Å²) >= 11 is 0. The molecule has 1 N–H and O–H groups in total. The number of rotatable bonds is 6. The lowest BCUT2D eigenvalue weighted by Crippen LogP contribution is -2.15. The van der Waals surface area contributed by atoms with Gasteiger partial charge in [-0.3, -0.25) is 9.78 Å². The van der Waals surface area contributed by atoms with Gasteiger partial charge in [-0.15, -0.1) is 0 Å². The summed E-state index contributed by atoms with van der Waals surface area (Å²) in [6.45, 7) is 0.0274. The smallest absolute Gasteiger partial charge is 0.418 e. The van der Waals surface area contributed by atoms with Gasteiger partial charge in [-0.2, -0.15) is 18.3 Å². The zero-order chi connectivity index (χ0) is 23.4. The Morgan fingerprint density at radius 1 is 1.06 bits per heavy atom. The summed E-state index contributed by atoms with van der Waals surface area (Å²) in [5.74, 6) is -1.57. The third kappa shape index (κ3) is 5.17. The van der Waals surface area contributed by atoms with Gasteiger partial charge in [0.1, 0.15) is 6.61 Å². The average Bonchev–Trinajstić information content (AvgIpc) is 3.33. The van der Waals surface area contributed by atoms with Gasteiger partial charge in [0.2, 0.25) is 0 Å². The minimum Gasteiger partial charge on any atom is -0.486 e. The van der Waals surface area contributed by atoms with Gasteiger partial charge in [-0.05, 0) is 48.5 Å². The van der Waals surface area contributed by atoms with Crippen LogP contribution in [0.2, 0.25) is 0 Å². The predicted octanol–water partition coefficient (Wildman–Crippen LogP) is 5.26. The minimum atomic E-state index is -4.68. The van der Waals surface area contributed by atoms with Crippen LogP contribution in [-0.2, 0) is 12.8 Å². The normalized spacial score (nSPS) is 11.3. The van der Waals surface area contributed by atoms with Crippen LogP contribution in [-0.4, -0.2) is 20.7 Å². The van der Waals surface area contributed by atoms with Gasteiger partial charge in [-0.25, -0.2) is 9.07 Å². The predicted molar refractivity (Wildman–Crippen MR) is 111 cm³/mol. The highest BCUT2D eigenvalue weighted by Gasteiger charge is 2.34. The molecule has 0 aliphatic rings. The van der Waals surface area contributed by atoms with Gasteiger partial charge in [0.15, 0.2) is 11.6 Å². The lowest BCUT2D eigenvalue weighted by Gasteiger charge is -2.15. The van der Waals surface area contributed by atoms with Gasteiger partial charge in [0, 0.05) is 41.6 Å². The molecule has 2 aromatic carbocycles. The van der Waals surface area contributed by atoms with Crippen LogP contribution in [0, 0.1) is 5.82 Å². The highest BCUT2D eigenvalue weighted by Crippen LogP contribution is 2.35. The van der Waals surface area contributed by atoms with Gasteiger partial charge < -0.3 is 10.1 Å². The van der Waals surface area contributed by atoms with E-state index < -0.39 is 23.5 Å². The molecule has 0 spiro atoms. The van der Waals surface area contributed by atoms with Crippen molar-refractivity contribution in [2.45, 2.75) is 12.8 Å². The molecule has 0 atom stereocenters. The number of benzene rings is 2. The number of carbonyl (C=O) groups excluding carboxylic acids is 1. The maximum atomic E-state index is 14.1. The topological polar surface area (TPSA) is 69.0 Å². The molecule has 6 nitrogen and oxygen atoms in total. The highest BCUT2D eigenvalue weighted by molar-refractivity contribution is 6.04. The number of nitrogens with one attached hydrogen (secondary N) is 1. The van der Waals surface area contributed by atoms with Crippen LogP contribution >= 0.6 is 0 Å². The SMILES string of the molecule is O=C(Nc1ccc(-n2cccn2)c(C(F)(F)F)c1)c1ccc(F)c(OCc2cccnc2)c1. The molecular formula is C23H16F4N4O2. The maximum Gasteiger partial charge on any atom is 0.418 e. The number of carbonyl (C=O) groups is 1. The molecule has 0 saturated carbocycles. The molecule has 33 heavy (non-hydrogen) atoms. The lowest BCUT2D eigenvalue weighted by atomic mass is 10.1. The standard InChI is InChI=1S/C23H16F4N4O2/c24-19-6-4-16(11-21(19)33-14-15-3-1-8-28-13-15)22(32)30-17-5-7-20(31-10-2-9-29-31)18(12-17)23(25,26)27/h1-13H,14H2,(H,30,32). The Hall–Kier alpha value is -4.21. The van der Waals surface area contributed by atoms with E-state index in [1.807, 2.05) is 0 Å². The largest absolute Gasteiger partial charge is 0.486 e. The second-order valence-corrected chi connectivity index (χ2v) is 6.93.